The highest BCUT2D eigenvalue weighted by atomic mass is 16.5. The lowest BCUT2D eigenvalue weighted by molar-refractivity contribution is 0.167. The second kappa shape index (κ2) is 8.48. The van der Waals surface area contributed by atoms with E-state index in [1.165, 1.54) is 27.8 Å². The van der Waals surface area contributed by atoms with Crippen LogP contribution in [0.4, 0.5) is 5.69 Å². The Hall–Kier alpha value is -1.88. The molecule has 0 spiro atoms. The molecule has 2 aromatic carbocycles. The summed E-state index contributed by atoms with van der Waals surface area (Å²) in [6.07, 6.45) is 2.16. The molecule has 4 nitrogen and oxygen atoms in total. The fraction of sp³-hybridized carbons (Fsp3) is 0.429. The van der Waals surface area contributed by atoms with Crippen LogP contribution in [0.2, 0.25) is 0 Å². The van der Waals surface area contributed by atoms with Gasteiger partial charge in [-0.05, 0) is 52.8 Å². The summed E-state index contributed by atoms with van der Waals surface area (Å²) in [5.41, 5.74) is 13.3. The Kier molecular flexibility index (Phi) is 6.08. The predicted molar refractivity (Wildman–Crippen MR) is 101 cm³/mol. The summed E-state index contributed by atoms with van der Waals surface area (Å²) < 4.78 is 10.7. The fourth-order valence-corrected chi connectivity index (χ4v) is 3.51. The molecule has 1 heterocycles. The molecule has 1 aliphatic heterocycles. The highest BCUT2D eigenvalue weighted by Gasteiger charge is 2.18. The maximum Gasteiger partial charge on any atom is 0.0716 e. The third kappa shape index (κ3) is 4.60. The minimum Gasteiger partial charge on any atom is -0.399 e. The maximum absolute atomic E-state index is 5.76. The van der Waals surface area contributed by atoms with Crippen molar-refractivity contribution in [3.8, 4) is 0 Å². The van der Waals surface area contributed by atoms with Gasteiger partial charge >= 0.3 is 0 Å². The Morgan fingerprint density at radius 1 is 0.960 bits per heavy atom. The molecule has 2 N–H and O–H groups in total. The number of rotatable bonds is 7. The molecule has 4 heteroatoms. The first-order valence-electron chi connectivity index (χ1n) is 8.88. The van der Waals surface area contributed by atoms with E-state index in [1.54, 1.807) is 14.2 Å². The number of benzene rings is 2. The Labute approximate surface area is 150 Å². The predicted octanol–water partition coefficient (Wildman–Crippen LogP) is 3.16. The first-order valence-corrected chi connectivity index (χ1v) is 8.88. The van der Waals surface area contributed by atoms with E-state index in [9.17, 15) is 0 Å². The van der Waals surface area contributed by atoms with Gasteiger partial charge in [-0.15, -0.1) is 0 Å². The topological polar surface area (TPSA) is 47.7 Å². The number of fused-ring (bicyclic) bond motifs is 1. The van der Waals surface area contributed by atoms with Gasteiger partial charge in [0.05, 0.1) is 13.2 Å². The number of nitrogens with zero attached hydrogens (tertiary/aromatic N) is 1. The highest BCUT2D eigenvalue weighted by Crippen LogP contribution is 2.25. The number of anilines is 1. The molecule has 0 bridgehead atoms. The van der Waals surface area contributed by atoms with E-state index < -0.39 is 0 Å². The SMILES string of the molecule is COCc1cc2c(cc1COC)CN(CCc1ccc(N)cc1)CC2. The maximum atomic E-state index is 5.76. The summed E-state index contributed by atoms with van der Waals surface area (Å²) in [7, 11) is 3.49. The molecule has 134 valence electrons. The summed E-state index contributed by atoms with van der Waals surface area (Å²) in [6.45, 7) is 4.47. The molecule has 0 unspecified atom stereocenters. The van der Waals surface area contributed by atoms with E-state index >= 15 is 0 Å². The first-order chi connectivity index (χ1) is 12.2. The van der Waals surface area contributed by atoms with E-state index in [0.717, 1.165) is 38.2 Å². The van der Waals surface area contributed by atoms with E-state index in [0.29, 0.717) is 13.2 Å². The van der Waals surface area contributed by atoms with Gasteiger partial charge in [0.2, 0.25) is 0 Å². The van der Waals surface area contributed by atoms with E-state index in [4.69, 9.17) is 15.2 Å². The summed E-state index contributed by atoms with van der Waals surface area (Å²) in [5.74, 6) is 0. The monoisotopic (exact) mass is 340 g/mol. The molecule has 0 fully saturated rings. The van der Waals surface area contributed by atoms with Crippen LogP contribution in [0.3, 0.4) is 0 Å². The fourth-order valence-electron chi connectivity index (χ4n) is 3.51. The van der Waals surface area contributed by atoms with Gasteiger partial charge in [0.15, 0.2) is 0 Å². The normalized spacial score (nSPS) is 14.5. The third-order valence-corrected chi connectivity index (χ3v) is 4.91. The van der Waals surface area contributed by atoms with Crippen LogP contribution in [0.5, 0.6) is 0 Å². The van der Waals surface area contributed by atoms with E-state index in [1.807, 2.05) is 12.1 Å². The minimum atomic E-state index is 0.636. The molecule has 2 aromatic rings. The molecule has 25 heavy (non-hydrogen) atoms. The van der Waals surface area contributed by atoms with Gasteiger partial charge in [-0.1, -0.05) is 24.3 Å². The molecule has 0 amide bonds. The van der Waals surface area contributed by atoms with Crippen LogP contribution in [-0.2, 0) is 42.1 Å². The zero-order valence-electron chi connectivity index (χ0n) is 15.3. The number of nitrogens with two attached hydrogens (primary N) is 1. The van der Waals surface area contributed by atoms with Crippen LogP contribution in [0.1, 0.15) is 27.8 Å². The lowest BCUT2D eigenvalue weighted by atomic mass is 9.93. The van der Waals surface area contributed by atoms with Crippen molar-refractivity contribution < 1.29 is 9.47 Å². The van der Waals surface area contributed by atoms with Crippen molar-refractivity contribution in [2.75, 3.05) is 33.0 Å². The Morgan fingerprint density at radius 3 is 2.24 bits per heavy atom. The summed E-state index contributed by atoms with van der Waals surface area (Å²) in [4.78, 5) is 2.53. The van der Waals surface area contributed by atoms with Crippen LogP contribution >= 0.6 is 0 Å². The van der Waals surface area contributed by atoms with Crippen molar-refractivity contribution in [1.29, 1.82) is 0 Å². The largest absolute Gasteiger partial charge is 0.399 e. The highest BCUT2D eigenvalue weighted by molar-refractivity contribution is 5.40. The number of hydrogen-bond acceptors (Lipinski definition) is 4. The van der Waals surface area contributed by atoms with Crippen molar-refractivity contribution in [2.24, 2.45) is 0 Å². The van der Waals surface area contributed by atoms with Crippen LogP contribution < -0.4 is 5.73 Å². The molecule has 0 saturated carbocycles. The molecule has 3 rings (SSSR count). The molecule has 1 aliphatic rings. The molecule has 0 aliphatic carbocycles. The zero-order valence-corrected chi connectivity index (χ0v) is 15.3. The van der Waals surface area contributed by atoms with Gasteiger partial charge in [-0.3, -0.25) is 4.90 Å². The lowest BCUT2D eigenvalue weighted by Crippen LogP contribution is -2.32. The van der Waals surface area contributed by atoms with Gasteiger partial charge < -0.3 is 15.2 Å². The molecular formula is C21H28N2O2. The van der Waals surface area contributed by atoms with Crippen molar-refractivity contribution in [3.05, 3.63) is 64.2 Å². The Balaban J connectivity index is 1.67. The van der Waals surface area contributed by atoms with Gasteiger partial charge in [0, 0.05) is 39.5 Å². The van der Waals surface area contributed by atoms with Gasteiger partial charge in [-0.2, -0.15) is 0 Å². The molecule has 0 aromatic heterocycles. The van der Waals surface area contributed by atoms with Crippen molar-refractivity contribution in [2.45, 2.75) is 32.6 Å². The number of ether oxygens (including phenoxy) is 2. The molecular weight excluding hydrogens is 312 g/mol. The smallest absolute Gasteiger partial charge is 0.0716 e. The average molecular weight is 340 g/mol. The van der Waals surface area contributed by atoms with Crippen molar-refractivity contribution in [1.82, 2.24) is 4.90 Å². The van der Waals surface area contributed by atoms with E-state index in [-0.39, 0.29) is 0 Å². The van der Waals surface area contributed by atoms with Crippen molar-refractivity contribution in [3.63, 3.8) is 0 Å². The molecule has 0 radical (unpaired) electrons. The Morgan fingerprint density at radius 2 is 1.60 bits per heavy atom. The van der Waals surface area contributed by atoms with Gasteiger partial charge in [-0.25, -0.2) is 0 Å². The second-order valence-corrected chi connectivity index (χ2v) is 6.77. The van der Waals surface area contributed by atoms with Crippen LogP contribution in [0.25, 0.3) is 0 Å². The van der Waals surface area contributed by atoms with Crippen molar-refractivity contribution >= 4 is 5.69 Å². The zero-order chi connectivity index (χ0) is 17.6. The third-order valence-electron chi connectivity index (χ3n) is 4.91. The minimum absolute atomic E-state index is 0.636. The quantitative estimate of drug-likeness (QED) is 0.787. The Bertz CT molecular complexity index is 698. The van der Waals surface area contributed by atoms with Crippen LogP contribution in [-0.4, -0.2) is 32.2 Å². The standard InChI is InChI=1S/C21H28N2O2/c1-24-14-19-11-17-8-10-23(13-18(17)12-20(19)15-25-2)9-7-16-3-5-21(22)6-4-16/h3-6,11-12H,7-10,13-15,22H2,1-2H3. The molecule has 0 saturated heterocycles. The summed E-state index contributed by atoms with van der Waals surface area (Å²) in [5, 5.41) is 0. The van der Waals surface area contributed by atoms with Crippen LogP contribution in [0.15, 0.2) is 36.4 Å². The molecule has 0 atom stereocenters. The second-order valence-electron chi connectivity index (χ2n) is 6.77. The average Bonchev–Trinajstić information content (AvgIpc) is 2.62. The van der Waals surface area contributed by atoms with E-state index in [2.05, 4.69) is 29.2 Å². The lowest BCUT2D eigenvalue weighted by Gasteiger charge is -2.30. The number of methoxy groups -OCH3 is 2. The van der Waals surface area contributed by atoms with Gasteiger partial charge in [0.1, 0.15) is 0 Å². The van der Waals surface area contributed by atoms with Gasteiger partial charge in [0.25, 0.3) is 0 Å². The van der Waals surface area contributed by atoms with Crippen LogP contribution in [0, 0.1) is 0 Å². The summed E-state index contributed by atoms with van der Waals surface area (Å²) in [6, 6.07) is 12.8. The number of hydrogen-bond donors (Lipinski definition) is 1. The first kappa shape index (κ1) is 17.9. The summed E-state index contributed by atoms with van der Waals surface area (Å²) >= 11 is 0. The number of nitrogen functional groups attached to an aromatic ring is 1.